The topological polar surface area (TPSA) is 80.9 Å². The van der Waals surface area contributed by atoms with E-state index in [1.807, 2.05) is 0 Å². The largest absolute Gasteiger partial charge is 0.396 e. The van der Waals surface area contributed by atoms with Crippen molar-refractivity contribution in [3.63, 3.8) is 0 Å². The van der Waals surface area contributed by atoms with Gasteiger partial charge in [0.05, 0.1) is 19.3 Å². The molecule has 4 N–H and O–H groups in total. The molecule has 0 aromatic carbocycles. The zero-order chi connectivity index (χ0) is 9.07. The average molecular weight is 164 g/mol. The van der Waals surface area contributed by atoms with E-state index in [0.717, 1.165) is 0 Å². The number of hydrogen-bond acceptors (Lipinski definition) is 4. The Morgan fingerprint density at radius 2 is 1.64 bits per heavy atom. The molecule has 0 aromatic rings. The van der Waals surface area contributed by atoms with E-state index in [1.54, 1.807) is 13.8 Å². The van der Waals surface area contributed by atoms with E-state index in [1.165, 1.54) is 0 Å². The molecule has 0 aliphatic heterocycles. The van der Waals surface area contributed by atoms with Crippen LogP contribution in [0.5, 0.6) is 0 Å². The van der Waals surface area contributed by atoms with E-state index in [0.29, 0.717) is 0 Å². The van der Waals surface area contributed by atoms with Crippen LogP contribution in [0.15, 0.2) is 0 Å². The van der Waals surface area contributed by atoms with Gasteiger partial charge in [0.15, 0.2) is 0 Å². The van der Waals surface area contributed by atoms with Crippen molar-refractivity contribution in [2.24, 2.45) is 5.41 Å². The minimum Gasteiger partial charge on any atom is -0.396 e. The summed E-state index contributed by atoms with van der Waals surface area (Å²) in [6, 6.07) is 0. The second kappa shape index (κ2) is 4.01. The molecule has 2 unspecified atom stereocenters. The Hall–Kier alpha value is -0.160. The molecule has 4 nitrogen and oxygen atoms in total. The minimum atomic E-state index is -1.18. The van der Waals surface area contributed by atoms with Crippen LogP contribution in [-0.4, -0.2) is 45.8 Å². The molecular formula is C7H16O4. The highest BCUT2D eigenvalue weighted by Gasteiger charge is 2.32. The molecule has 0 amide bonds. The van der Waals surface area contributed by atoms with Crippen LogP contribution < -0.4 is 0 Å². The van der Waals surface area contributed by atoms with E-state index in [4.69, 9.17) is 15.3 Å². The van der Waals surface area contributed by atoms with Gasteiger partial charge < -0.3 is 20.4 Å². The molecule has 0 radical (unpaired) electrons. The lowest BCUT2D eigenvalue weighted by Crippen LogP contribution is -2.43. The fraction of sp³-hybridized carbons (Fsp3) is 1.00. The third-order valence-electron chi connectivity index (χ3n) is 1.76. The van der Waals surface area contributed by atoms with Gasteiger partial charge in [-0.15, -0.1) is 0 Å². The Labute approximate surface area is 66.1 Å². The van der Waals surface area contributed by atoms with Crippen molar-refractivity contribution in [2.45, 2.75) is 26.1 Å². The van der Waals surface area contributed by atoms with Crippen molar-refractivity contribution in [1.82, 2.24) is 0 Å². The summed E-state index contributed by atoms with van der Waals surface area (Å²) in [5.41, 5.74) is -0.776. The van der Waals surface area contributed by atoms with Crippen molar-refractivity contribution in [3.8, 4) is 0 Å². The zero-order valence-corrected chi connectivity index (χ0v) is 6.86. The highest BCUT2D eigenvalue weighted by molar-refractivity contribution is 4.82. The first-order chi connectivity index (χ1) is 4.95. The summed E-state index contributed by atoms with van der Waals surface area (Å²) in [4.78, 5) is 0. The lowest BCUT2D eigenvalue weighted by Gasteiger charge is -2.30. The molecule has 0 aromatic heterocycles. The SMILES string of the molecule is CC(C)(CO)C(O)C(O)CO. The van der Waals surface area contributed by atoms with E-state index < -0.39 is 24.2 Å². The summed E-state index contributed by atoms with van der Waals surface area (Å²) in [5, 5.41) is 35.5. The van der Waals surface area contributed by atoms with Gasteiger partial charge >= 0.3 is 0 Å². The van der Waals surface area contributed by atoms with Crippen molar-refractivity contribution >= 4 is 0 Å². The summed E-state index contributed by atoms with van der Waals surface area (Å²) in [6.07, 6.45) is -2.28. The van der Waals surface area contributed by atoms with Crippen LogP contribution in [0, 0.1) is 5.41 Å². The normalized spacial score (nSPS) is 18.0. The second-order valence-corrected chi connectivity index (χ2v) is 3.34. The molecule has 0 aliphatic carbocycles. The van der Waals surface area contributed by atoms with Crippen LogP contribution in [0.3, 0.4) is 0 Å². The fourth-order valence-corrected chi connectivity index (χ4v) is 0.714. The highest BCUT2D eigenvalue weighted by Crippen LogP contribution is 2.21. The van der Waals surface area contributed by atoms with Gasteiger partial charge in [-0.25, -0.2) is 0 Å². The van der Waals surface area contributed by atoms with Crippen LogP contribution in [0.4, 0.5) is 0 Å². The van der Waals surface area contributed by atoms with Crippen molar-refractivity contribution < 1.29 is 20.4 Å². The van der Waals surface area contributed by atoms with Crippen molar-refractivity contribution in [1.29, 1.82) is 0 Å². The van der Waals surface area contributed by atoms with Gasteiger partial charge in [-0.05, 0) is 0 Å². The molecule has 11 heavy (non-hydrogen) atoms. The van der Waals surface area contributed by atoms with E-state index >= 15 is 0 Å². The zero-order valence-electron chi connectivity index (χ0n) is 6.86. The Morgan fingerprint density at radius 1 is 1.18 bits per heavy atom. The molecule has 0 fully saturated rings. The first-order valence-corrected chi connectivity index (χ1v) is 3.53. The number of aliphatic hydroxyl groups excluding tert-OH is 4. The lowest BCUT2D eigenvalue weighted by molar-refractivity contribution is -0.0868. The van der Waals surface area contributed by atoms with Gasteiger partial charge in [-0.3, -0.25) is 0 Å². The quantitative estimate of drug-likeness (QED) is 0.417. The number of aliphatic hydroxyl groups is 4. The fourth-order valence-electron chi connectivity index (χ4n) is 0.714. The molecule has 68 valence electrons. The van der Waals surface area contributed by atoms with E-state index in [2.05, 4.69) is 0 Å². The van der Waals surface area contributed by atoms with Gasteiger partial charge in [-0.1, -0.05) is 13.8 Å². The van der Waals surface area contributed by atoms with Crippen LogP contribution in [0.2, 0.25) is 0 Å². The first kappa shape index (κ1) is 10.8. The molecule has 0 rings (SSSR count). The Morgan fingerprint density at radius 3 is 1.91 bits per heavy atom. The van der Waals surface area contributed by atoms with Gasteiger partial charge in [0.25, 0.3) is 0 Å². The van der Waals surface area contributed by atoms with Crippen molar-refractivity contribution in [3.05, 3.63) is 0 Å². The molecule has 0 spiro atoms. The average Bonchev–Trinajstić information content (AvgIpc) is 2.01. The monoisotopic (exact) mass is 164 g/mol. The molecule has 0 bridgehead atoms. The van der Waals surface area contributed by atoms with Crippen molar-refractivity contribution in [2.75, 3.05) is 13.2 Å². The van der Waals surface area contributed by atoms with E-state index in [9.17, 15) is 5.11 Å². The van der Waals surface area contributed by atoms with Gasteiger partial charge in [0.1, 0.15) is 6.10 Å². The van der Waals surface area contributed by atoms with Crippen LogP contribution in [0.1, 0.15) is 13.8 Å². The maximum Gasteiger partial charge on any atom is 0.103 e. The third kappa shape index (κ3) is 2.75. The molecule has 0 saturated heterocycles. The molecule has 4 heteroatoms. The molecule has 0 heterocycles. The summed E-state index contributed by atoms with van der Waals surface area (Å²) in [6.45, 7) is 2.49. The Bertz CT molecular complexity index is 113. The minimum absolute atomic E-state index is 0.231. The van der Waals surface area contributed by atoms with Crippen LogP contribution in [0.25, 0.3) is 0 Å². The number of rotatable bonds is 4. The number of hydrogen-bond donors (Lipinski definition) is 4. The van der Waals surface area contributed by atoms with Gasteiger partial charge in [0, 0.05) is 5.41 Å². The second-order valence-electron chi connectivity index (χ2n) is 3.34. The van der Waals surface area contributed by atoms with E-state index in [-0.39, 0.29) is 6.61 Å². The molecule has 2 atom stereocenters. The Balaban J connectivity index is 4.10. The molecular weight excluding hydrogens is 148 g/mol. The predicted molar refractivity (Wildman–Crippen MR) is 40.0 cm³/mol. The summed E-state index contributed by atoms with van der Waals surface area (Å²) in [5.74, 6) is 0. The van der Waals surface area contributed by atoms with Gasteiger partial charge in [-0.2, -0.15) is 0 Å². The first-order valence-electron chi connectivity index (χ1n) is 3.53. The molecule has 0 aliphatic rings. The smallest absolute Gasteiger partial charge is 0.103 e. The summed E-state index contributed by atoms with van der Waals surface area (Å²) < 4.78 is 0. The maximum atomic E-state index is 9.28. The highest BCUT2D eigenvalue weighted by atomic mass is 16.4. The maximum absolute atomic E-state index is 9.28. The van der Waals surface area contributed by atoms with Gasteiger partial charge in [0.2, 0.25) is 0 Å². The van der Waals surface area contributed by atoms with Crippen LogP contribution in [-0.2, 0) is 0 Å². The van der Waals surface area contributed by atoms with Crippen LogP contribution >= 0.6 is 0 Å². The third-order valence-corrected chi connectivity index (χ3v) is 1.76. The summed E-state index contributed by atoms with van der Waals surface area (Å²) >= 11 is 0. The Kier molecular flexibility index (Phi) is 3.96. The summed E-state index contributed by atoms with van der Waals surface area (Å²) in [7, 11) is 0. The predicted octanol–water partition coefficient (Wildman–Crippen LogP) is -1.28. The molecule has 0 saturated carbocycles. The standard InChI is InChI=1S/C7H16O4/c1-7(2,4-9)6(11)5(10)3-8/h5-6,8-11H,3-4H2,1-2H3. The lowest BCUT2D eigenvalue weighted by atomic mass is 9.85.